The van der Waals surface area contributed by atoms with Crippen molar-refractivity contribution in [2.75, 3.05) is 11.9 Å². The minimum absolute atomic E-state index is 0.0692. The standard InChI is InChI=1S/C21H21N3O6S/c1-13(30-19(25)12-29-17-9-6-5-8-16(17)24(27)28)20(26)23-21-15(11-22)14-7-3-2-4-10-18(14)31-21/h5-6,8-9,13H,2-4,7,10,12H2,1H3,(H,23,26). The van der Waals surface area contributed by atoms with E-state index < -0.39 is 29.5 Å². The van der Waals surface area contributed by atoms with Gasteiger partial charge in [-0.2, -0.15) is 5.26 Å². The molecule has 0 radical (unpaired) electrons. The zero-order chi connectivity index (χ0) is 22.4. The number of esters is 1. The molecule has 1 atom stereocenters. The maximum Gasteiger partial charge on any atom is 0.344 e. The SMILES string of the molecule is CC(OC(=O)COc1ccccc1[N+](=O)[O-])C(=O)Nc1sc2c(c1C#N)CCCCC2. The fraction of sp³-hybridized carbons (Fsp3) is 0.381. The van der Waals surface area contributed by atoms with E-state index in [2.05, 4.69) is 11.4 Å². The first-order valence-electron chi connectivity index (χ1n) is 9.82. The Morgan fingerprint density at radius 2 is 2.03 bits per heavy atom. The molecule has 0 saturated heterocycles. The van der Waals surface area contributed by atoms with Crippen LogP contribution < -0.4 is 10.1 Å². The summed E-state index contributed by atoms with van der Waals surface area (Å²) in [7, 11) is 0. The second kappa shape index (κ2) is 10.0. The number of nitro groups is 1. The molecule has 0 bridgehead atoms. The second-order valence-corrected chi connectivity index (χ2v) is 8.12. The number of aryl methyl sites for hydroxylation is 1. The molecule has 1 aromatic heterocycles. The van der Waals surface area contributed by atoms with Crippen LogP contribution in [0.5, 0.6) is 5.75 Å². The third-order valence-corrected chi connectivity index (χ3v) is 6.06. The van der Waals surface area contributed by atoms with Gasteiger partial charge in [-0.05, 0) is 44.2 Å². The zero-order valence-electron chi connectivity index (χ0n) is 16.9. The number of nitrogens with zero attached hydrogens (tertiary/aromatic N) is 2. The lowest BCUT2D eigenvalue weighted by Gasteiger charge is -2.13. The molecule has 162 valence electrons. The molecule has 2 aromatic rings. The van der Waals surface area contributed by atoms with Crippen LogP contribution in [0.2, 0.25) is 0 Å². The molecule has 0 spiro atoms. The quantitative estimate of drug-likeness (QED) is 0.298. The number of carbonyl (C=O) groups is 2. The lowest BCUT2D eigenvalue weighted by Crippen LogP contribution is -2.31. The molecular weight excluding hydrogens is 422 g/mol. The van der Waals surface area contributed by atoms with Crippen LogP contribution in [0, 0.1) is 21.4 Å². The van der Waals surface area contributed by atoms with Gasteiger partial charge in [0.05, 0.1) is 10.5 Å². The fourth-order valence-electron chi connectivity index (χ4n) is 3.31. The van der Waals surface area contributed by atoms with Crippen molar-refractivity contribution in [3.63, 3.8) is 0 Å². The molecule has 1 heterocycles. The Bertz CT molecular complexity index is 1040. The van der Waals surface area contributed by atoms with Gasteiger partial charge >= 0.3 is 11.7 Å². The molecule has 1 aliphatic carbocycles. The number of anilines is 1. The molecule has 31 heavy (non-hydrogen) atoms. The summed E-state index contributed by atoms with van der Waals surface area (Å²) in [6, 6.07) is 7.83. The number of amides is 1. The molecule has 9 nitrogen and oxygen atoms in total. The molecule has 10 heteroatoms. The average Bonchev–Trinajstić information content (AvgIpc) is 2.91. The molecule has 1 aliphatic rings. The second-order valence-electron chi connectivity index (χ2n) is 7.02. The van der Waals surface area contributed by atoms with Gasteiger partial charge in [0, 0.05) is 10.9 Å². The molecular formula is C21H21N3O6S. The normalized spacial score (nSPS) is 13.8. The number of hydrogen-bond acceptors (Lipinski definition) is 8. The summed E-state index contributed by atoms with van der Waals surface area (Å²) in [5.41, 5.74) is 1.21. The summed E-state index contributed by atoms with van der Waals surface area (Å²) in [5, 5.41) is 23.7. The van der Waals surface area contributed by atoms with Crippen LogP contribution in [0.15, 0.2) is 24.3 Å². The first kappa shape index (κ1) is 22.2. The Morgan fingerprint density at radius 1 is 1.29 bits per heavy atom. The Balaban J connectivity index is 1.58. The first-order valence-corrected chi connectivity index (χ1v) is 10.6. The van der Waals surface area contributed by atoms with Crippen LogP contribution in [0.4, 0.5) is 10.7 Å². The van der Waals surface area contributed by atoms with Crippen LogP contribution in [-0.2, 0) is 27.2 Å². The van der Waals surface area contributed by atoms with Gasteiger partial charge in [-0.15, -0.1) is 11.3 Å². The number of nitriles is 1. The van der Waals surface area contributed by atoms with Crippen LogP contribution in [0.3, 0.4) is 0 Å². The van der Waals surface area contributed by atoms with Gasteiger partial charge in [0.25, 0.3) is 5.91 Å². The summed E-state index contributed by atoms with van der Waals surface area (Å²) >= 11 is 1.39. The van der Waals surface area contributed by atoms with Gasteiger partial charge in [0.2, 0.25) is 0 Å². The van der Waals surface area contributed by atoms with Crippen molar-refractivity contribution >= 4 is 33.9 Å². The number of nitro benzene ring substituents is 1. The maximum atomic E-state index is 12.5. The van der Waals surface area contributed by atoms with E-state index in [4.69, 9.17) is 9.47 Å². The van der Waals surface area contributed by atoms with Crippen molar-refractivity contribution in [3.05, 3.63) is 50.4 Å². The fourth-order valence-corrected chi connectivity index (χ4v) is 4.56. The summed E-state index contributed by atoms with van der Waals surface area (Å²) in [6.45, 7) is 0.821. The number of hydrogen-bond donors (Lipinski definition) is 1. The third kappa shape index (κ3) is 5.38. The van der Waals surface area contributed by atoms with Crippen molar-refractivity contribution in [3.8, 4) is 11.8 Å². The summed E-state index contributed by atoms with van der Waals surface area (Å²) in [5.74, 6) is -1.48. The van der Waals surface area contributed by atoms with E-state index in [0.29, 0.717) is 10.6 Å². The largest absolute Gasteiger partial charge is 0.475 e. The Morgan fingerprint density at radius 3 is 2.77 bits per heavy atom. The van der Waals surface area contributed by atoms with E-state index in [1.807, 2.05) is 0 Å². The molecule has 0 fully saturated rings. The molecule has 1 aromatic carbocycles. The van der Waals surface area contributed by atoms with Crippen LogP contribution >= 0.6 is 11.3 Å². The van der Waals surface area contributed by atoms with E-state index in [9.17, 15) is 25.0 Å². The lowest BCUT2D eigenvalue weighted by atomic mass is 10.1. The van der Waals surface area contributed by atoms with E-state index in [1.165, 1.54) is 36.5 Å². The van der Waals surface area contributed by atoms with Gasteiger partial charge in [-0.3, -0.25) is 14.9 Å². The molecule has 0 saturated carbocycles. The molecule has 1 N–H and O–H groups in total. The van der Waals surface area contributed by atoms with Gasteiger partial charge in [-0.1, -0.05) is 18.6 Å². The Kier molecular flexibility index (Phi) is 7.20. The minimum Gasteiger partial charge on any atom is -0.475 e. The number of thiophene rings is 1. The number of ether oxygens (including phenoxy) is 2. The van der Waals surface area contributed by atoms with Gasteiger partial charge < -0.3 is 14.8 Å². The molecule has 3 rings (SSSR count). The van der Waals surface area contributed by atoms with Crippen molar-refractivity contribution in [1.29, 1.82) is 5.26 Å². The Labute approximate surface area is 182 Å². The predicted octanol–water partition coefficient (Wildman–Crippen LogP) is 3.75. The van der Waals surface area contributed by atoms with Crippen LogP contribution in [0.1, 0.15) is 42.2 Å². The lowest BCUT2D eigenvalue weighted by molar-refractivity contribution is -0.385. The van der Waals surface area contributed by atoms with E-state index in [1.54, 1.807) is 6.07 Å². The van der Waals surface area contributed by atoms with Gasteiger partial charge in [0.15, 0.2) is 18.5 Å². The molecule has 1 amide bonds. The van der Waals surface area contributed by atoms with Crippen molar-refractivity contribution in [1.82, 2.24) is 0 Å². The van der Waals surface area contributed by atoms with Crippen molar-refractivity contribution in [2.45, 2.75) is 45.1 Å². The first-order chi connectivity index (χ1) is 14.9. The molecule has 0 aliphatic heterocycles. The van der Waals surface area contributed by atoms with Crippen LogP contribution in [0.25, 0.3) is 0 Å². The number of fused-ring (bicyclic) bond motifs is 1. The highest BCUT2D eigenvalue weighted by molar-refractivity contribution is 7.16. The predicted molar refractivity (Wildman–Crippen MR) is 113 cm³/mol. The number of para-hydroxylation sites is 2. The zero-order valence-corrected chi connectivity index (χ0v) is 17.7. The number of carbonyl (C=O) groups excluding carboxylic acids is 2. The number of rotatable bonds is 7. The van der Waals surface area contributed by atoms with E-state index in [0.717, 1.165) is 42.5 Å². The Hall–Kier alpha value is -3.45. The summed E-state index contributed by atoms with van der Waals surface area (Å²) < 4.78 is 10.3. The van der Waals surface area contributed by atoms with Gasteiger partial charge in [0.1, 0.15) is 11.1 Å². The van der Waals surface area contributed by atoms with E-state index in [-0.39, 0.29) is 11.4 Å². The summed E-state index contributed by atoms with van der Waals surface area (Å²) in [4.78, 5) is 36.0. The number of nitrogens with one attached hydrogen (secondary N) is 1. The molecule has 1 unspecified atom stereocenters. The summed E-state index contributed by atoms with van der Waals surface area (Å²) in [6.07, 6.45) is 3.76. The maximum absolute atomic E-state index is 12.5. The smallest absolute Gasteiger partial charge is 0.344 e. The minimum atomic E-state index is -1.13. The van der Waals surface area contributed by atoms with Crippen LogP contribution in [-0.4, -0.2) is 29.5 Å². The highest BCUT2D eigenvalue weighted by Crippen LogP contribution is 2.37. The van der Waals surface area contributed by atoms with Crippen molar-refractivity contribution in [2.24, 2.45) is 0 Å². The highest BCUT2D eigenvalue weighted by Gasteiger charge is 2.24. The number of benzene rings is 1. The van der Waals surface area contributed by atoms with E-state index >= 15 is 0 Å². The van der Waals surface area contributed by atoms with Crippen molar-refractivity contribution < 1.29 is 24.0 Å². The average molecular weight is 443 g/mol. The topological polar surface area (TPSA) is 132 Å². The van der Waals surface area contributed by atoms with Gasteiger partial charge in [-0.25, -0.2) is 4.79 Å². The monoisotopic (exact) mass is 443 g/mol. The highest BCUT2D eigenvalue weighted by atomic mass is 32.1. The third-order valence-electron chi connectivity index (χ3n) is 4.85.